The fourth-order valence-corrected chi connectivity index (χ4v) is 3.01. The van der Waals surface area contributed by atoms with Crippen molar-refractivity contribution in [3.63, 3.8) is 0 Å². The molecule has 2 heterocycles. The van der Waals surface area contributed by atoms with Crippen molar-refractivity contribution in [1.82, 2.24) is 14.9 Å². The third-order valence-corrected chi connectivity index (χ3v) is 4.41. The van der Waals surface area contributed by atoms with Crippen molar-refractivity contribution in [3.05, 3.63) is 54.0 Å². The monoisotopic (exact) mass is 307 g/mol. The summed E-state index contributed by atoms with van der Waals surface area (Å²) in [4.78, 5) is 13.2. The minimum Gasteiger partial charge on any atom is -0.353 e. The topological polar surface area (TPSA) is 56.1 Å². The Balaban J connectivity index is 1.72. The number of aromatic nitrogens is 2. The van der Waals surface area contributed by atoms with Gasteiger partial charge < -0.3 is 4.90 Å². The molecule has 1 atom stereocenters. The molecule has 0 aliphatic carbocycles. The third-order valence-electron chi connectivity index (χ3n) is 4.41. The van der Waals surface area contributed by atoms with Crippen molar-refractivity contribution in [2.45, 2.75) is 25.9 Å². The van der Waals surface area contributed by atoms with E-state index < -0.39 is 0 Å². The fraction of sp³-hybridized carbons (Fsp3) is 0.389. The summed E-state index contributed by atoms with van der Waals surface area (Å²) in [6.45, 7) is 5.96. The van der Waals surface area contributed by atoms with Gasteiger partial charge in [0.05, 0.1) is 0 Å². The van der Waals surface area contributed by atoms with Gasteiger partial charge >= 0.3 is 0 Å². The van der Waals surface area contributed by atoms with Crippen LogP contribution in [0.15, 0.2) is 42.7 Å². The Bertz CT molecular complexity index is 679. The summed E-state index contributed by atoms with van der Waals surface area (Å²) in [7, 11) is 0. The van der Waals surface area contributed by atoms with Crippen molar-refractivity contribution in [3.8, 4) is 6.07 Å². The van der Waals surface area contributed by atoms with E-state index in [0.29, 0.717) is 17.6 Å². The molecule has 5 nitrogen and oxygen atoms in total. The minimum absolute atomic E-state index is 0.414. The van der Waals surface area contributed by atoms with Crippen LogP contribution in [-0.4, -0.2) is 40.5 Å². The van der Waals surface area contributed by atoms with Gasteiger partial charge in [-0.15, -0.1) is 0 Å². The van der Waals surface area contributed by atoms with E-state index >= 15 is 0 Å². The molecule has 0 radical (unpaired) electrons. The zero-order valence-electron chi connectivity index (χ0n) is 13.4. The van der Waals surface area contributed by atoms with E-state index in [1.807, 2.05) is 0 Å². The summed E-state index contributed by atoms with van der Waals surface area (Å²) in [6, 6.07) is 13.2. The molecule has 0 saturated carbocycles. The molecule has 23 heavy (non-hydrogen) atoms. The number of benzene rings is 1. The first-order valence-electron chi connectivity index (χ1n) is 8.02. The molecule has 1 aromatic carbocycles. The van der Waals surface area contributed by atoms with Crippen LogP contribution in [0.4, 0.5) is 5.82 Å². The van der Waals surface area contributed by atoms with E-state index in [4.69, 9.17) is 0 Å². The maximum Gasteiger partial charge on any atom is 0.183 e. The summed E-state index contributed by atoms with van der Waals surface area (Å²) < 4.78 is 0. The maximum atomic E-state index is 9.23. The molecule has 1 aliphatic heterocycles. The third kappa shape index (κ3) is 3.66. The molecule has 0 spiro atoms. The van der Waals surface area contributed by atoms with E-state index in [1.165, 1.54) is 5.56 Å². The second-order valence-corrected chi connectivity index (χ2v) is 5.92. The molecule has 1 saturated heterocycles. The molecule has 118 valence electrons. The van der Waals surface area contributed by atoms with Crippen molar-refractivity contribution >= 4 is 5.82 Å². The molecule has 2 aromatic rings. The second kappa shape index (κ2) is 7.21. The highest BCUT2D eigenvalue weighted by molar-refractivity contribution is 5.49. The van der Waals surface area contributed by atoms with Gasteiger partial charge in [-0.25, -0.2) is 9.97 Å². The molecule has 1 aliphatic rings. The minimum atomic E-state index is 0.414. The van der Waals surface area contributed by atoms with Crippen molar-refractivity contribution in [1.29, 1.82) is 5.26 Å². The van der Waals surface area contributed by atoms with Gasteiger partial charge in [-0.1, -0.05) is 30.3 Å². The number of hydrogen-bond acceptors (Lipinski definition) is 5. The highest BCUT2D eigenvalue weighted by Gasteiger charge is 2.23. The molecule has 1 unspecified atom stereocenters. The van der Waals surface area contributed by atoms with Crippen molar-refractivity contribution in [2.24, 2.45) is 0 Å². The number of nitrogens with zero attached hydrogens (tertiary/aromatic N) is 5. The SMILES string of the molecule is CC1CCN(c2nccnc2C#N)CCN1Cc1ccccc1. The van der Waals surface area contributed by atoms with Crippen molar-refractivity contribution < 1.29 is 0 Å². The van der Waals surface area contributed by atoms with Crippen LogP contribution in [0.3, 0.4) is 0 Å². The summed E-state index contributed by atoms with van der Waals surface area (Å²) in [6.07, 6.45) is 4.28. The normalized spacial score (nSPS) is 19.1. The molecule has 1 aromatic heterocycles. The van der Waals surface area contributed by atoms with Gasteiger partial charge in [0.25, 0.3) is 0 Å². The van der Waals surface area contributed by atoms with Gasteiger partial charge in [0, 0.05) is 44.6 Å². The van der Waals surface area contributed by atoms with Gasteiger partial charge in [0.15, 0.2) is 11.5 Å². The van der Waals surface area contributed by atoms with Gasteiger partial charge in [-0.2, -0.15) is 5.26 Å². The van der Waals surface area contributed by atoms with E-state index in [9.17, 15) is 5.26 Å². The molecule has 1 fully saturated rings. The lowest BCUT2D eigenvalue weighted by Crippen LogP contribution is -2.34. The van der Waals surface area contributed by atoms with Crippen LogP contribution in [0.5, 0.6) is 0 Å². The standard InChI is InChI=1S/C18H21N5/c1-15-7-10-22(18-17(13-19)20-8-9-21-18)11-12-23(15)14-16-5-3-2-4-6-16/h2-6,8-9,15H,7,10-12,14H2,1H3. The number of rotatable bonds is 3. The number of anilines is 1. The highest BCUT2D eigenvalue weighted by Crippen LogP contribution is 2.20. The van der Waals surface area contributed by atoms with E-state index in [1.54, 1.807) is 12.4 Å². The molecule has 0 amide bonds. The average molecular weight is 307 g/mol. The molecular weight excluding hydrogens is 286 g/mol. The second-order valence-electron chi connectivity index (χ2n) is 5.92. The quantitative estimate of drug-likeness (QED) is 0.872. The maximum absolute atomic E-state index is 9.23. The number of nitriles is 1. The Morgan fingerprint density at radius 2 is 1.91 bits per heavy atom. The van der Waals surface area contributed by atoms with Crippen LogP contribution in [0.2, 0.25) is 0 Å². The lowest BCUT2D eigenvalue weighted by molar-refractivity contribution is 0.212. The molecule has 0 bridgehead atoms. The molecule has 5 heteroatoms. The lowest BCUT2D eigenvalue weighted by Gasteiger charge is -2.26. The highest BCUT2D eigenvalue weighted by atomic mass is 15.3. The first kappa shape index (κ1) is 15.4. The summed E-state index contributed by atoms with van der Waals surface area (Å²) in [5.41, 5.74) is 1.75. The van der Waals surface area contributed by atoms with Gasteiger partial charge in [-0.05, 0) is 18.9 Å². The van der Waals surface area contributed by atoms with Gasteiger partial charge in [0.1, 0.15) is 6.07 Å². The first-order valence-corrected chi connectivity index (χ1v) is 8.02. The van der Waals surface area contributed by atoms with Crippen LogP contribution >= 0.6 is 0 Å². The molecular formula is C18H21N5. The average Bonchev–Trinajstić information content (AvgIpc) is 2.78. The summed E-state index contributed by atoms with van der Waals surface area (Å²) in [5.74, 6) is 0.712. The predicted octanol–water partition coefficient (Wildman–Crippen LogP) is 2.45. The Hall–Kier alpha value is -2.45. The zero-order valence-corrected chi connectivity index (χ0v) is 13.4. The Labute approximate surface area is 137 Å². The van der Waals surface area contributed by atoms with Crippen LogP contribution < -0.4 is 4.90 Å². The zero-order chi connectivity index (χ0) is 16.1. The van der Waals surface area contributed by atoms with Crippen LogP contribution in [0.25, 0.3) is 0 Å². The lowest BCUT2D eigenvalue weighted by atomic mass is 10.1. The Morgan fingerprint density at radius 3 is 2.70 bits per heavy atom. The molecule has 0 N–H and O–H groups in total. The van der Waals surface area contributed by atoms with E-state index in [-0.39, 0.29) is 0 Å². The van der Waals surface area contributed by atoms with Crippen molar-refractivity contribution in [2.75, 3.05) is 24.5 Å². The van der Waals surface area contributed by atoms with E-state index in [0.717, 1.165) is 32.6 Å². The first-order chi connectivity index (χ1) is 11.3. The van der Waals surface area contributed by atoms with Gasteiger partial charge in [-0.3, -0.25) is 4.90 Å². The largest absolute Gasteiger partial charge is 0.353 e. The predicted molar refractivity (Wildman–Crippen MR) is 89.9 cm³/mol. The smallest absolute Gasteiger partial charge is 0.183 e. The molecule has 3 rings (SSSR count). The Morgan fingerprint density at radius 1 is 1.13 bits per heavy atom. The Kier molecular flexibility index (Phi) is 4.84. The summed E-state index contributed by atoms with van der Waals surface area (Å²) >= 11 is 0. The van der Waals surface area contributed by atoms with Crippen LogP contribution in [0.1, 0.15) is 24.6 Å². The van der Waals surface area contributed by atoms with Crippen LogP contribution in [0, 0.1) is 11.3 Å². The van der Waals surface area contributed by atoms with E-state index in [2.05, 4.69) is 63.1 Å². The fourth-order valence-electron chi connectivity index (χ4n) is 3.01. The van der Waals surface area contributed by atoms with Gasteiger partial charge in [0.2, 0.25) is 0 Å². The van der Waals surface area contributed by atoms with Crippen LogP contribution in [-0.2, 0) is 6.54 Å². The summed E-state index contributed by atoms with van der Waals surface area (Å²) in [5, 5.41) is 9.23. The number of hydrogen-bond donors (Lipinski definition) is 0.